The van der Waals surface area contributed by atoms with Gasteiger partial charge in [-0.15, -0.1) is 0 Å². The zero-order valence-electron chi connectivity index (χ0n) is 13.3. The van der Waals surface area contributed by atoms with E-state index in [0.717, 1.165) is 28.0 Å². The third kappa shape index (κ3) is 3.28. The van der Waals surface area contributed by atoms with Crippen LogP contribution in [-0.4, -0.2) is 33.7 Å². The van der Waals surface area contributed by atoms with Gasteiger partial charge in [0.15, 0.2) is 0 Å². The SMILES string of the molecule is Cc1nc2c(CC(=O)NC3CCC(=O)NC3=O)cc(CN)cc2[nH]1. The number of aryl methyl sites for hydroxylation is 1. The molecule has 1 unspecified atom stereocenters. The number of H-pyrrole nitrogens is 1. The first kappa shape index (κ1) is 16.1. The lowest BCUT2D eigenvalue weighted by Crippen LogP contribution is -2.52. The molecule has 8 nitrogen and oxygen atoms in total. The quantitative estimate of drug-likeness (QED) is 0.577. The Labute approximate surface area is 138 Å². The van der Waals surface area contributed by atoms with Gasteiger partial charge in [-0.2, -0.15) is 0 Å². The molecule has 1 aromatic heterocycles. The Morgan fingerprint density at radius 1 is 1.42 bits per heavy atom. The third-order valence-corrected chi connectivity index (χ3v) is 4.00. The van der Waals surface area contributed by atoms with Gasteiger partial charge < -0.3 is 16.0 Å². The molecule has 0 bridgehead atoms. The molecule has 1 fully saturated rings. The summed E-state index contributed by atoms with van der Waals surface area (Å²) in [6.07, 6.45) is 0.630. The number of nitrogens with one attached hydrogen (secondary N) is 3. The Kier molecular flexibility index (Phi) is 4.30. The van der Waals surface area contributed by atoms with Crippen molar-refractivity contribution in [2.24, 2.45) is 5.73 Å². The van der Waals surface area contributed by atoms with E-state index in [2.05, 4.69) is 20.6 Å². The molecule has 3 rings (SSSR count). The summed E-state index contributed by atoms with van der Waals surface area (Å²) in [5.41, 5.74) is 8.92. The Morgan fingerprint density at radius 3 is 2.92 bits per heavy atom. The number of hydrogen-bond donors (Lipinski definition) is 4. The first-order valence-electron chi connectivity index (χ1n) is 7.77. The average Bonchev–Trinajstić information content (AvgIpc) is 2.90. The normalized spacial score (nSPS) is 17.8. The molecular weight excluding hydrogens is 310 g/mol. The van der Waals surface area contributed by atoms with Crippen LogP contribution in [0.5, 0.6) is 0 Å². The van der Waals surface area contributed by atoms with Gasteiger partial charge in [-0.05, 0) is 30.5 Å². The second-order valence-corrected chi connectivity index (χ2v) is 5.93. The Balaban J connectivity index is 1.77. The maximum Gasteiger partial charge on any atom is 0.249 e. The van der Waals surface area contributed by atoms with Crippen LogP contribution in [0.15, 0.2) is 12.1 Å². The summed E-state index contributed by atoms with van der Waals surface area (Å²) in [5, 5.41) is 4.90. The average molecular weight is 329 g/mol. The maximum atomic E-state index is 12.3. The minimum Gasteiger partial charge on any atom is -0.344 e. The van der Waals surface area contributed by atoms with Crippen molar-refractivity contribution in [3.05, 3.63) is 29.1 Å². The van der Waals surface area contributed by atoms with Crippen LogP contribution in [0.4, 0.5) is 0 Å². The zero-order chi connectivity index (χ0) is 17.3. The molecule has 126 valence electrons. The molecule has 1 atom stereocenters. The predicted molar refractivity (Wildman–Crippen MR) is 86.7 cm³/mol. The second kappa shape index (κ2) is 6.40. The first-order valence-corrected chi connectivity index (χ1v) is 7.77. The molecule has 0 spiro atoms. The monoisotopic (exact) mass is 329 g/mol. The molecule has 2 heterocycles. The molecule has 1 aliphatic rings. The fraction of sp³-hybridized carbons (Fsp3) is 0.375. The molecular formula is C16H19N5O3. The molecule has 1 aromatic carbocycles. The number of benzene rings is 1. The van der Waals surface area contributed by atoms with Crippen molar-refractivity contribution in [2.75, 3.05) is 0 Å². The number of piperidine rings is 1. The van der Waals surface area contributed by atoms with Crippen LogP contribution in [0.25, 0.3) is 11.0 Å². The molecule has 1 aliphatic heterocycles. The van der Waals surface area contributed by atoms with Gasteiger partial charge in [0.25, 0.3) is 0 Å². The van der Waals surface area contributed by atoms with E-state index in [4.69, 9.17) is 5.73 Å². The van der Waals surface area contributed by atoms with E-state index in [0.29, 0.717) is 13.0 Å². The highest BCUT2D eigenvalue weighted by Crippen LogP contribution is 2.20. The van der Waals surface area contributed by atoms with E-state index in [-0.39, 0.29) is 24.7 Å². The highest BCUT2D eigenvalue weighted by molar-refractivity contribution is 6.02. The summed E-state index contributed by atoms with van der Waals surface area (Å²) in [7, 11) is 0. The number of fused-ring (bicyclic) bond motifs is 1. The Bertz CT molecular complexity index is 826. The van der Waals surface area contributed by atoms with Crippen LogP contribution < -0.4 is 16.4 Å². The van der Waals surface area contributed by atoms with E-state index in [1.54, 1.807) is 0 Å². The number of imidazole rings is 1. The number of carbonyl (C=O) groups is 3. The van der Waals surface area contributed by atoms with Crippen molar-refractivity contribution in [3.8, 4) is 0 Å². The molecule has 0 saturated carbocycles. The van der Waals surface area contributed by atoms with Gasteiger partial charge in [-0.3, -0.25) is 19.7 Å². The highest BCUT2D eigenvalue weighted by Gasteiger charge is 2.27. The van der Waals surface area contributed by atoms with Gasteiger partial charge in [0.2, 0.25) is 17.7 Å². The van der Waals surface area contributed by atoms with Gasteiger partial charge in [0.1, 0.15) is 11.9 Å². The molecule has 1 saturated heterocycles. The van der Waals surface area contributed by atoms with Gasteiger partial charge in [0, 0.05) is 13.0 Å². The summed E-state index contributed by atoms with van der Waals surface area (Å²) in [5.74, 6) is -0.308. The van der Waals surface area contributed by atoms with Crippen LogP contribution in [0.1, 0.15) is 29.8 Å². The van der Waals surface area contributed by atoms with Crippen LogP contribution in [0.2, 0.25) is 0 Å². The fourth-order valence-electron chi connectivity index (χ4n) is 2.88. The van der Waals surface area contributed by atoms with Crippen LogP contribution >= 0.6 is 0 Å². The molecule has 0 radical (unpaired) electrons. The van der Waals surface area contributed by atoms with E-state index in [1.807, 2.05) is 19.1 Å². The van der Waals surface area contributed by atoms with Crippen LogP contribution in [0, 0.1) is 6.92 Å². The van der Waals surface area contributed by atoms with Crippen molar-refractivity contribution in [1.82, 2.24) is 20.6 Å². The Morgan fingerprint density at radius 2 is 2.21 bits per heavy atom. The number of amides is 3. The lowest BCUT2D eigenvalue weighted by molar-refractivity contribution is -0.137. The van der Waals surface area contributed by atoms with E-state index < -0.39 is 11.9 Å². The van der Waals surface area contributed by atoms with Crippen molar-refractivity contribution < 1.29 is 14.4 Å². The minimum absolute atomic E-state index is 0.0896. The highest BCUT2D eigenvalue weighted by atomic mass is 16.2. The number of carbonyl (C=O) groups excluding carboxylic acids is 3. The van der Waals surface area contributed by atoms with Crippen molar-refractivity contribution in [3.63, 3.8) is 0 Å². The zero-order valence-corrected chi connectivity index (χ0v) is 13.3. The largest absolute Gasteiger partial charge is 0.344 e. The number of imide groups is 1. The standard InChI is InChI=1S/C16H19N5O3/c1-8-18-12-5-9(7-17)4-10(15(12)19-8)6-14(23)20-11-2-3-13(22)21-16(11)24/h4-5,11H,2-3,6-7,17H2,1H3,(H,18,19)(H,20,23)(H,21,22,24). The third-order valence-electron chi connectivity index (χ3n) is 4.00. The van der Waals surface area contributed by atoms with Gasteiger partial charge in [-0.1, -0.05) is 6.07 Å². The number of aromatic amines is 1. The minimum atomic E-state index is -0.677. The lowest BCUT2D eigenvalue weighted by atomic mass is 10.0. The number of rotatable bonds is 4. The predicted octanol–water partition coefficient (Wildman–Crippen LogP) is -0.206. The maximum absolute atomic E-state index is 12.3. The van der Waals surface area contributed by atoms with Gasteiger partial charge in [-0.25, -0.2) is 4.98 Å². The molecule has 24 heavy (non-hydrogen) atoms. The molecule has 0 aliphatic carbocycles. The number of aromatic nitrogens is 2. The van der Waals surface area contributed by atoms with Gasteiger partial charge in [0.05, 0.1) is 17.5 Å². The molecule has 2 aromatic rings. The van der Waals surface area contributed by atoms with Crippen LogP contribution in [-0.2, 0) is 27.3 Å². The van der Waals surface area contributed by atoms with E-state index >= 15 is 0 Å². The Hall–Kier alpha value is -2.74. The summed E-state index contributed by atoms with van der Waals surface area (Å²) in [6, 6.07) is 3.09. The number of hydrogen-bond acceptors (Lipinski definition) is 5. The summed E-state index contributed by atoms with van der Waals surface area (Å²) >= 11 is 0. The van der Waals surface area contributed by atoms with Crippen molar-refractivity contribution in [2.45, 2.75) is 38.8 Å². The summed E-state index contributed by atoms with van der Waals surface area (Å²) in [4.78, 5) is 42.7. The first-order chi connectivity index (χ1) is 11.5. The molecule has 3 amide bonds. The molecule has 8 heteroatoms. The van der Waals surface area contributed by atoms with E-state index in [1.165, 1.54) is 0 Å². The number of nitrogens with zero attached hydrogens (tertiary/aromatic N) is 1. The summed E-state index contributed by atoms with van der Waals surface area (Å²) < 4.78 is 0. The van der Waals surface area contributed by atoms with Crippen molar-refractivity contribution in [1.29, 1.82) is 0 Å². The summed E-state index contributed by atoms with van der Waals surface area (Å²) in [6.45, 7) is 2.20. The fourth-order valence-corrected chi connectivity index (χ4v) is 2.88. The lowest BCUT2D eigenvalue weighted by Gasteiger charge is -2.21. The molecule has 5 N–H and O–H groups in total. The topological polar surface area (TPSA) is 130 Å². The van der Waals surface area contributed by atoms with Gasteiger partial charge >= 0.3 is 0 Å². The van der Waals surface area contributed by atoms with Crippen molar-refractivity contribution >= 4 is 28.8 Å². The van der Waals surface area contributed by atoms with E-state index in [9.17, 15) is 14.4 Å². The van der Waals surface area contributed by atoms with Crippen LogP contribution in [0.3, 0.4) is 0 Å². The smallest absolute Gasteiger partial charge is 0.249 e. The second-order valence-electron chi connectivity index (χ2n) is 5.93. The number of nitrogens with two attached hydrogens (primary N) is 1.